The van der Waals surface area contributed by atoms with Gasteiger partial charge in [-0.2, -0.15) is 5.10 Å². The molecule has 0 spiro atoms. The average Bonchev–Trinajstić information content (AvgIpc) is 2.67. The summed E-state index contributed by atoms with van der Waals surface area (Å²) in [5.41, 5.74) is 1.20. The SMILES string of the molecule is CCn1ncc(OC)c1CCC(Br)C(C)C. The molecule has 3 nitrogen and oxygen atoms in total. The van der Waals surface area contributed by atoms with Crippen LogP contribution in [0.4, 0.5) is 0 Å². The van der Waals surface area contributed by atoms with Gasteiger partial charge in [0, 0.05) is 11.4 Å². The molecule has 1 unspecified atom stereocenters. The van der Waals surface area contributed by atoms with E-state index in [-0.39, 0.29) is 0 Å². The zero-order valence-corrected chi connectivity index (χ0v) is 12.1. The average molecular weight is 289 g/mol. The van der Waals surface area contributed by atoms with E-state index in [0.29, 0.717) is 10.7 Å². The number of ether oxygens (including phenoxy) is 1. The fraction of sp³-hybridized carbons (Fsp3) is 0.750. The second-order valence-corrected chi connectivity index (χ2v) is 5.45. The first-order valence-electron chi connectivity index (χ1n) is 5.82. The molecule has 0 radical (unpaired) electrons. The number of alkyl halides is 1. The van der Waals surface area contributed by atoms with Gasteiger partial charge in [-0.05, 0) is 25.7 Å². The van der Waals surface area contributed by atoms with E-state index in [4.69, 9.17) is 4.74 Å². The van der Waals surface area contributed by atoms with E-state index in [1.807, 2.05) is 4.68 Å². The van der Waals surface area contributed by atoms with Crippen LogP contribution in [0, 0.1) is 5.92 Å². The number of methoxy groups -OCH3 is 1. The standard InChI is InChI=1S/C12H21BrN2O/c1-5-15-11(12(16-4)8-14-15)7-6-10(13)9(2)3/h8-10H,5-7H2,1-4H3. The molecule has 0 saturated carbocycles. The highest BCUT2D eigenvalue weighted by Gasteiger charge is 2.14. The van der Waals surface area contributed by atoms with Crippen LogP contribution >= 0.6 is 15.9 Å². The molecule has 0 saturated heterocycles. The molecule has 0 N–H and O–H groups in total. The first-order valence-corrected chi connectivity index (χ1v) is 6.74. The second-order valence-electron chi connectivity index (χ2n) is 4.27. The van der Waals surface area contributed by atoms with Crippen molar-refractivity contribution in [1.82, 2.24) is 9.78 Å². The lowest BCUT2D eigenvalue weighted by molar-refractivity contribution is 0.405. The number of hydrogen-bond acceptors (Lipinski definition) is 2. The Kier molecular flexibility index (Phi) is 5.32. The van der Waals surface area contributed by atoms with E-state index in [0.717, 1.165) is 25.1 Å². The molecule has 0 aliphatic carbocycles. The Labute approximate surface area is 106 Å². The predicted molar refractivity (Wildman–Crippen MR) is 70.3 cm³/mol. The van der Waals surface area contributed by atoms with Gasteiger partial charge in [-0.15, -0.1) is 0 Å². The van der Waals surface area contributed by atoms with Crippen LogP contribution in [0.5, 0.6) is 5.75 Å². The summed E-state index contributed by atoms with van der Waals surface area (Å²) in [4.78, 5) is 0.553. The minimum absolute atomic E-state index is 0.553. The smallest absolute Gasteiger partial charge is 0.159 e. The summed E-state index contributed by atoms with van der Waals surface area (Å²) in [7, 11) is 1.70. The highest BCUT2D eigenvalue weighted by molar-refractivity contribution is 9.09. The maximum Gasteiger partial charge on any atom is 0.159 e. The van der Waals surface area contributed by atoms with Crippen LogP contribution in [0.15, 0.2) is 6.20 Å². The fourth-order valence-corrected chi connectivity index (χ4v) is 1.93. The summed E-state index contributed by atoms with van der Waals surface area (Å²) in [5, 5.41) is 4.30. The molecule has 1 aromatic rings. The van der Waals surface area contributed by atoms with E-state index in [1.54, 1.807) is 13.3 Å². The molecular weight excluding hydrogens is 268 g/mol. The third kappa shape index (κ3) is 3.24. The molecule has 1 atom stereocenters. The van der Waals surface area contributed by atoms with Crippen LogP contribution in [0.2, 0.25) is 0 Å². The van der Waals surface area contributed by atoms with Crippen LogP contribution in [0.3, 0.4) is 0 Å². The lowest BCUT2D eigenvalue weighted by Crippen LogP contribution is -2.11. The normalized spacial score (nSPS) is 13.1. The van der Waals surface area contributed by atoms with Gasteiger partial charge in [0.2, 0.25) is 0 Å². The molecule has 0 aliphatic heterocycles. The molecule has 0 fully saturated rings. The minimum Gasteiger partial charge on any atom is -0.493 e. The van der Waals surface area contributed by atoms with Crippen LogP contribution in [-0.4, -0.2) is 21.7 Å². The third-order valence-electron chi connectivity index (χ3n) is 2.81. The van der Waals surface area contributed by atoms with E-state index in [1.165, 1.54) is 5.69 Å². The third-order valence-corrected chi connectivity index (χ3v) is 4.33. The number of aromatic nitrogens is 2. The lowest BCUT2D eigenvalue weighted by atomic mass is 10.0. The highest BCUT2D eigenvalue weighted by atomic mass is 79.9. The molecule has 1 heterocycles. The number of hydrogen-bond donors (Lipinski definition) is 0. The lowest BCUT2D eigenvalue weighted by Gasteiger charge is -2.14. The van der Waals surface area contributed by atoms with Crippen molar-refractivity contribution in [2.24, 2.45) is 5.92 Å². The molecule has 0 amide bonds. The molecule has 0 aromatic carbocycles. The number of rotatable bonds is 6. The van der Waals surface area contributed by atoms with Gasteiger partial charge in [0.05, 0.1) is 19.0 Å². The quantitative estimate of drug-likeness (QED) is 0.752. The summed E-state index contributed by atoms with van der Waals surface area (Å²) in [5.74, 6) is 1.56. The molecule has 0 aliphatic rings. The van der Waals surface area contributed by atoms with Crippen LogP contribution in [0.25, 0.3) is 0 Å². The zero-order chi connectivity index (χ0) is 12.1. The summed E-state index contributed by atoms with van der Waals surface area (Å²) in [6, 6.07) is 0. The van der Waals surface area contributed by atoms with Crippen molar-refractivity contribution in [3.63, 3.8) is 0 Å². The number of aryl methyl sites for hydroxylation is 1. The Bertz CT molecular complexity index is 301. The Balaban J connectivity index is 2.67. The van der Waals surface area contributed by atoms with Crippen LogP contribution in [0.1, 0.15) is 32.9 Å². The molecule has 92 valence electrons. The molecule has 0 bridgehead atoms. The van der Waals surface area contributed by atoms with E-state index in [9.17, 15) is 0 Å². The van der Waals surface area contributed by atoms with Crippen molar-refractivity contribution in [2.75, 3.05) is 7.11 Å². The van der Waals surface area contributed by atoms with Gasteiger partial charge in [0.15, 0.2) is 5.75 Å². The monoisotopic (exact) mass is 288 g/mol. The molecular formula is C12H21BrN2O. The van der Waals surface area contributed by atoms with Crippen molar-refractivity contribution in [2.45, 2.75) is 45.0 Å². The van der Waals surface area contributed by atoms with Crippen LogP contribution < -0.4 is 4.74 Å². The Hall–Kier alpha value is -0.510. The zero-order valence-electron chi connectivity index (χ0n) is 10.5. The predicted octanol–water partition coefficient (Wildman–Crippen LogP) is 3.26. The van der Waals surface area contributed by atoms with Crippen molar-refractivity contribution in [3.8, 4) is 5.75 Å². The van der Waals surface area contributed by atoms with Gasteiger partial charge in [-0.3, -0.25) is 4.68 Å². The van der Waals surface area contributed by atoms with Gasteiger partial charge in [-0.25, -0.2) is 0 Å². The fourth-order valence-electron chi connectivity index (χ4n) is 1.70. The topological polar surface area (TPSA) is 27.1 Å². The van der Waals surface area contributed by atoms with Gasteiger partial charge in [0.25, 0.3) is 0 Å². The Morgan fingerprint density at radius 1 is 1.50 bits per heavy atom. The largest absolute Gasteiger partial charge is 0.493 e. The Morgan fingerprint density at radius 2 is 2.19 bits per heavy atom. The number of nitrogens with zero attached hydrogens (tertiary/aromatic N) is 2. The number of halogens is 1. The van der Waals surface area contributed by atoms with E-state index in [2.05, 4.69) is 41.8 Å². The molecule has 4 heteroatoms. The summed E-state index contributed by atoms with van der Waals surface area (Å²) >= 11 is 3.71. The van der Waals surface area contributed by atoms with Crippen molar-refractivity contribution >= 4 is 15.9 Å². The van der Waals surface area contributed by atoms with E-state index < -0.39 is 0 Å². The van der Waals surface area contributed by atoms with Crippen molar-refractivity contribution < 1.29 is 4.74 Å². The molecule has 1 rings (SSSR count). The van der Waals surface area contributed by atoms with E-state index >= 15 is 0 Å². The van der Waals surface area contributed by atoms with Gasteiger partial charge < -0.3 is 4.74 Å². The van der Waals surface area contributed by atoms with Crippen LogP contribution in [-0.2, 0) is 13.0 Å². The van der Waals surface area contributed by atoms with Gasteiger partial charge >= 0.3 is 0 Å². The van der Waals surface area contributed by atoms with Gasteiger partial charge in [-0.1, -0.05) is 29.8 Å². The molecule has 16 heavy (non-hydrogen) atoms. The molecule has 1 aromatic heterocycles. The second kappa shape index (κ2) is 6.28. The van der Waals surface area contributed by atoms with Gasteiger partial charge in [0.1, 0.15) is 0 Å². The summed E-state index contributed by atoms with van der Waals surface area (Å²) < 4.78 is 7.33. The maximum absolute atomic E-state index is 5.32. The first kappa shape index (κ1) is 13.6. The highest BCUT2D eigenvalue weighted by Crippen LogP contribution is 2.23. The van der Waals surface area contributed by atoms with Crippen molar-refractivity contribution in [1.29, 1.82) is 0 Å². The summed E-state index contributed by atoms with van der Waals surface area (Å²) in [6.07, 6.45) is 3.92. The minimum atomic E-state index is 0.553. The Morgan fingerprint density at radius 3 is 2.69 bits per heavy atom. The maximum atomic E-state index is 5.32. The summed E-state index contributed by atoms with van der Waals surface area (Å²) in [6.45, 7) is 7.46. The first-order chi connectivity index (χ1) is 7.60. The van der Waals surface area contributed by atoms with Crippen molar-refractivity contribution in [3.05, 3.63) is 11.9 Å².